The number of fused-ring (bicyclic) bond motifs is 1. The van der Waals surface area contributed by atoms with Gasteiger partial charge in [-0.25, -0.2) is 0 Å². The predicted molar refractivity (Wildman–Crippen MR) is 132 cm³/mol. The van der Waals surface area contributed by atoms with Gasteiger partial charge >= 0.3 is 0 Å². The first-order valence-corrected chi connectivity index (χ1v) is 11.8. The molecule has 3 rings (SSSR count). The number of benzene rings is 3. The molecule has 1 nitrogen and oxygen atoms in total. The number of hydrogen-bond donors (Lipinski definition) is 0. The molecule has 0 unspecified atom stereocenters. The van der Waals surface area contributed by atoms with Gasteiger partial charge in [0.1, 0.15) is 5.75 Å². The van der Waals surface area contributed by atoms with E-state index in [0.717, 1.165) is 18.8 Å². The maximum atomic E-state index is 5.99. The van der Waals surface area contributed by atoms with Gasteiger partial charge < -0.3 is 4.74 Å². The van der Waals surface area contributed by atoms with Gasteiger partial charge in [0, 0.05) is 0 Å². The number of unbranched alkanes of at least 4 members (excludes halogenated alkanes) is 7. The summed E-state index contributed by atoms with van der Waals surface area (Å²) in [6.45, 7) is 9.71. The second-order valence-electron chi connectivity index (χ2n) is 8.71. The van der Waals surface area contributed by atoms with E-state index >= 15 is 0 Å². The van der Waals surface area contributed by atoms with Crippen LogP contribution < -0.4 is 4.74 Å². The highest BCUT2D eigenvalue weighted by atomic mass is 16.5. The average Bonchev–Trinajstić information content (AvgIpc) is 2.76. The Morgan fingerprint density at radius 2 is 1.20 bits per heavy atom. The van der Waals surface area contributed by atoms with E-state index in [2.05, 4.69) is 76.2 Å². The number of aryl methyl sites for hydroxylation is 3. The average molecular weight is 403 g/mol. The van der Waals surface area contributed by atoms with Crippen LogP contribution in [0.25, 0.3) is 21.9 Å². The molecule has 3 aromatic carbocycles. The number of rotatable bonds is 11. The normalized spacial score (nSPS) is 11.2. The van der Waals surface area contributed by atoms with E-state index < -0.39 is 0 Å². The molecule has 0 bridgehead atoms. The molecule has 30 heavy (non-hydrogen) atoms. The molecule has 3 aromatic rings. The minimum Gasteiger partial charge on any atom is -0.494 e. The van der Waals surface area contributed by atoms with Gasteiger partial charge in [0.2, 0.25) is 0 Å². The Labute approximate surface area is 183 Å². The van der Waals surface area contributed by atoms with Crippen molar-refractivity contribution in [2.45, 2.75) is 79.1 Å². The Morgan fingerprint density at radius 3 is 1.90 bits per heavy atom. The summed E-state index contributed by atoms with van der Waals surface area (Å²) in [5, 5.41) is 2.69. The van der Waals surface area contributed by atoms with E-state index in [1.807, 2.05) is 0 Å². The van der Waals surface area contributed by atoms with Crippen LogP contribution in [-0.4, -0.2) is 6.61 Å². The second-order valence-corrected chi connectivity index (χ2v) is 8.71. The van der Waals surface area contributed by atoms with Crippen LogP contribution in [-0.2, 0) is 0 Å². The molecular formula is C29H38O. The lowest BCUT2D eigenvalue weighted by molar-refractivity contribution is 0.304. The van der Waals surface area contributed by atoms with Crippen LogP contribution in [0.4, 0.5) is 0 Å². The van der Waals surface area contributed by atoms with Crippen molar-refractivity contribution in [3.05, 3.63) is 65.2 Å². The second kappa shape index (κ2) is 11.2. The van der Waals surface area contributed by atoms with Gasteiger partial charge in [0.15, 0.2) is 0 Å². The summed E-state index contributed by atoms with van der Waals surface area (Å²) in [6, 6.07) is 17.7. The Morgan fingerprint density at radius 1 is 0.600 bits per heavy atom. The van der Waals surface area contributed by atoms with Crippen molar-refractivity contribution >= 4 is 10.8 Å². The lowest BCUT2D eigenvalue weighted by Crippen LogP contribution is -1.97. The molecule has 0 aliphatic carbocycles. The summed E-state index contributed by atoms with van der Waals surface area (Å²) in [6.07, 6.45) is 10.6. The van der Waals surface area contributed by atoms with E-state index in [1.165, 1.54) is 83.5 Å². The molecule has 0 aliphatic heterocycles. The van der Waals surface area contributed by atoms with Crippen molar-refractivity contribution in [1.82, 2.24) is 0 Å². The molecule has 0 aliphatic rings. The van der Waals surface area contributed by atoms with Crippen LogP contribution in [0, 0.1) is 20.8 Å². The van der Waals surface area contributed by atoms with E-state index in [-0.39, 0.29) is 0 Å². The van der Waals surface area contributed by atoms with Crippen molar-refractivity contribution in [1.29, 1.82) is 0 Å². The van der Waals surface area contributed by atoms with Gasteiger partial charge in [-0.3, -0.25) is 0 Å². The van der Waals surface area contributed by atoms with Gasteiger partial charge in [-0.15, -0.1) is 0 Å². The highest BCUT2D eigenvalue weighted by Gasteiger charge is 2.10. The van der Waals surface area contributed by atoms with Crippen LogP contribution >= 0.6 is 0 Å². The number of hydrogen-bond acceptors (Lipinski definition) is 1. The molecule has 0 saturated heterocycles. The summed E-state index contributed by atoms with van der Waals surface area (Å²) in [5.41, 5.74) is 6.64. The minimum absolute atomic E-state index is 0.820. The first-order chi connectivity index (χ1) is 14.6. The van der Waals surface area contributed by atoms with Crippen molar-refractivity contribution in [2.75, 3.05) is 6.61 Å². The predicted octanol–water partition coefficient (Wildman–Crippen LogP) is 8.95. The summed E-state index contributed by atoms with van der Waals surface area (Å²) >= 11 is 0. The molecule has 0 fully saturated rings. The Kier molecular flexibility index (Phi) is 8.37. The first-order valence-electron chi connectivity index (χ1n) is 11.8. The first kappa shape index (κ1) is 22.4. The zero-order valence-electron chi connectivity index (χ0n) is 19.4. The molecule has 160 valence electrons. The number of ether oxygens (including phenoxy) is 1. The molecule has 0 radical (unpaired) electrons. The topological polar surface area (TPSA) is 9.23 Å². The third-order valence-electron chi connectivity index (χ3n) is 6.36. The lowest BCUT2D eigenvalue weighted by Gasteiger charge is -2.14. The minimum atomic E-state index is 0.820. The monoisotopic (exact) mass is 402 g/mol. The standard InChI is InChI=1S/C29H38O/c1-5-6-7-8-9-10-11-12-21-30-26-17-15-25(16-18-26)29-23(3)14-19-27-24(4)22(2)13-20-28(27)29/h13-20H,5-12,21H2,1-4H3. The molecule has 1 heteroatoms. The van der Waals surface area contributed by atoms with Crippen LogP contribution in [0.5, 0.6) is 5.75 Å². The Hall–Kier alpha value is -2.28. The van der Waals surface area contributed by atoms with Crippen LogP contribution in [0.2, 0.25) is 0 Å². The van der Waals surface area contributed by atoms with Crippen LogP contribution in [0.3, 0.4) is 0 Å². The van der Waals surface area contributed by atoms with Gasteiger partial charge in [-0.05, 0) is 77.9 Å². The van der Waals surface area contributed by atoms with Gasteiger partial charge in [0.25, 0.3) is 0 Å². The summed E-state index contributed by atoms with van der Waals surface area (Å²) in [7, 11) is 0. The van der Waals surface area contributed by atoms with Crippen LogP contribution in [0.15, 0.2) is 48.5 Å². The zero-order valence-corrected chi connectivity index (χ0v) is 19.4. The van der Waals surface area contributed by atoms with Crippen molar-refractivity contribution in [2.24, 2.45) is 0 Å². The Balaban J connectivity index is 1.58. The molecule has 0 N–H and O–H groups in total. The maximum Gasteiger partial charge on any atom is 0.119 e. The summed E-state index contributed by atoms with van der Waals surface area (Å²) < 4.78 is 5.99. The largest absolute Gasteiger partial charge is 0.494 e. The third kappa shape index (κ3) is 5.65. The van der Waals surface area contributed by atoms with Gasteiger partial charge in [0.05, 0.1) is 6.61 Å². The molecule has 0 aromatic heterocycles. The van der Waals surface area contributed by atoms with E-state index in [1.54, 1.807) is 0 Å². The fourth-order valence-corrected chi connectivity index (χ4v) is 4.30. The molecule has 0 spiro atoms. The highest BCUT2D eigenvalue weighted by molar-refractivity contribution is 6.00. The molecule has 0 heterocycles. The van der Waals surface area contributed by atoms with Gasteiger partial charge in [-0.2, -0.15) is 0 Å². The smallest absolute Gasteiger partial charge is 0.119 e. The van der Waals surface area contributed by atoms with E-state index in [9.17, 15) is 0 Å². The van der Waals surface area contributed by atoms with Gasteiger partial charge in [-0.1, -0.05) is 88.3 Å². The fourth-order valence-electron chi connectivity index (χ4n) is 4.30. The highest BCUT2D eigenvalue weighted by Crippen LogP contribution is 2.35. The SMILES string of the molecule is CCCCCCCCCCOc1ccc(-c2c(C)ccc3c(C)c(C)ccc23)cc1. The fraction of sp³-hybridized carbons (Fsp3) is 0.448. The molecular weight excluding hydrogens is 364 g/mol. The van der Waals surface area contributed by atoms with Crippen molar-refractivity contribution < 1.29 is 4.74 Å². The summed E-state index contributed by atoms with van der Waals surface area (Å²) in [4.78, 5) is 0. The van der Waals surface area contributed by atoms with E-state index in [0.29, 0.717) is 0 Å². The maximum absolute atomic E-state index is 5.99. The van der Waals surface area contributed by atoms with Crippen molar-refractivity contribution in [3.8, 4) is 16.9 Å². The molecule has 0 atom stereocenters. The third-order valence-corrected chi connectivity index (χ3v) is 6.36. The quantitative estimate of drug-likeness (QED) is 0.291. The van der Waals surface area contributed by atoms with Crippen molar-refractivity contribution in [3.63, 3.8) is 0 Å². The lowest BCUT2D eigenvalue weighted by atomic mass is 9.91. The van der Waals surface area contributed by atoms with Crippen LogP contribution in [0.1, 0.15) is 75.0 Å². The van der Waals surface area contributed by atoms with E-state index in [4.69, 9.17) is 4.74 Å². The molecule has 0 amide bonds. The molecule has 0 saturated carbocycles. The summed E-state index contributed by atoms with van der Waals surface area (Å²) in [5.74, 6) is 0.978. The Bertz CT molecular complexity index is 937. The zero-order chi connectivity index (χ0) is 21.3.